The molecule has 1 unspecified atom stereocenters. The molecule has 2 saturated heterocycles. The Bertz CT molecular complexity index is 514. The van der Waals surface area contributed by atoms with Gasteiger partial charge in [0.15, 0.2) is 5.96 Å². The first-order valence-electron chi connectivity index (χ1n) is 9.52. The number of hydrogen-bond donors (Lipinski definition) is 1. The first kappa shape index (κ1) is 17.3. The quantitative estimate of drug-likeness (QED) is 0.680. The summed E-state index contributed by atoms with van der Waals surface area (Å²) in [6.07, 6.45) is 5.19. The minimum Gasteiger partial charge on any atom is -0.354 e. The molecule has 1 aromatic carbocycles. The third-order valence-corrected chi connectivity index (χ3v) is 5.51. The summed E-state index contributed by atoms with van der Waals surface area (Å²) in [5.74, 6) is 1.93. The van der Waals surface area contributed by atoms with Crippen molar-refractivity contribution in [2.24, 2.45) is 10.9 Å². The van der Waals surface area contributed by atoms with Crippen LogP contribution in [0.4, 0.5) is 0 Å². The third kappa shape index (κ3) is 4.29. The van der Waals surface area contributed by atoms with Crippen LogP contribution >= 0.6 is 0 Å². The first-order chi connectivity index (χ1) is 11.8. The molecule has 24 heavy (non-hydrogen) atoms. The molecule has 1 atom stereocenters. The van der Waals surface area contributed by atoms with E-state index in [2.05, 4.69) is 57.4 Å². The van der Waals surface area contributed by atoms with Crippen LogP contribution in [0, 0.1) is 5.92 Å². The number of aliphatic imine (C=N–C) groups is 1. The highest BCUT2D eigenvalue weighted by Gasteiger charge is 2.25. The Morgan fingerprint density at radius 1 is 1.12 bits per heavy atom. The molecule has 0 aliphatic carbocycles. The standard InChI is InChI=1S/C20H32N4/c1-17-10-14-23(15-11-17)19(18-8-4-3-5-9-18)16-22-20(21-2)24-12-6-7-13-24/h3-5,8-9,17,19H,6-7,10-16H2,1-2H3,(H,21,22). The Labute approximate surface area is 146 Å². The molecule has 132 valence electrons. The Hall–Kier alpha value is -1.55. The first-order valence-corrected chi connectivity index (χ1v) is 9.52. The molecule has 0 saturated carbocycles. The van der Waals surface area contributed by atoms with Gasteiger partial charge in [0.2, 0.25) is 0 Å². The van der Waals surface area contributed by atoms with Crippen LogP contribution in [0.3, 0.4) is 0 Å². The lowest BCUT2D eigenvalue weighted by Crippen LogP contribution is -2.46. The summed E-state index contributed by atoms with van der Waals surface area (Å²) in [7, 11) is 1.90. The van der Waals surface area contributed by atoms with E-state index in [9.17, 15) is 0 Å². The molecule has 2 fully saturated rings. The molecule has 2 aliphatic rings. The maximum atomic E-state index is 4.51. The van der Waals surface area contributed by atoms with Gasteiger partial charge in [0.05, 0.1) is 6.04 Å². The minimum atomic E-state index is 0.429. The molecular weight excluding hydrogens is 296 g/mol. The van der Waals surface area contributed by atoms with Crippen molar-refractivity contribution < 1.29 is 0 Å². The molecule has 1 N–H and O–H groups in total. The molecule has 0 bridgehead atoms. The molecule has 4 heteroatoms. The van der Waals surface area contributed by atoms with Crippen LogP contribution in [0.1, 0.15) is 44.2 Å². The molecule has 4 nitrogen and oxygen atoms in total. The van der Waals surface area contributed by atoms with Gasteiger partial charge in [-0.15, -0.1) is 0 Å². The summed E-state index contributed by atoms with van der Waals surface area (Å²) in [5.41, 5.74) is 1.41. The maximum Gasteiger partial charge on any atom is 0.193 e. The molecule has 2 heterocycles. The number of hydrogen-bond acceptors (Lipinski definition) is 2. The van der Waals surface area contributed by atoms with Crippen molar-refractivity contribution >= 4 is 5.96 Å². The third-order valence-electron chi connectivity index (χ3n) is 5.51. The van der Waals surface area contributed by atoms with Crippen molar-refractivity contribution in [2.45, 2.75) is 38.6 Å². The summed E-state index contributed by atoms with van der Waals surface area (Å²) in [4.78, 5) is 9.55. The van der Waals surface area contributed by atoms with E-state index in [1.807, 2.05) is 7.05 Å². The zero-order chi connectivity index (χ0) is 16.8. The van der Waals surface area contributed by atoms with Crippen LogP contribution < -0.4 is 5.32 Å². The van der Waals surface area contributed by atoms with E-state index >= 15 is 0 Å². The van der Waals surface area contributed by atoms with Crippen LogP contribution in [0.15, 0.2) is 35.3 Å². The zero-order valence-corrected chi connectivity index (χ0v) is 15.2. The second-order valence-electron chi connectivity index (χ2n) is 7.27. The monoisotopic (exact) mass is 328 g/mol. The highest BCUT2D eigenvalue weighted by atomic mass is 15.3. The van der Waals surface area contributed by atoms with Crippen molar-refractivity contribution in [1.29, 1.82) is 0 Å². The Morgan fingerprint density at radius 3 is 2.42 bits per heavy atom. The van der Waals surface area contributed by atoms with Crippen LogP contribution in [0.2, 0.25) is 0 Å². The number of guanidine groups is 1. The molecule has 0 spiro atoms. The lowest BCUT2D eigenvalue weighted by atomic mass is 9.95. The molecule has 0 aromatic heterocycles. The van der Waals surface area contributed by atoms with E-state index in [4.69, 9.17) is 0 Å². The van der Waals surface area contributed by atoms with E-state index in [0.717, 1.165) is 31.5 Å². The molecular formula is C20H32N4. The normalized spacial score (nSPS) is 21.9. The average molecular weight is 329 g/mol. The molecule has 2 aliphatic heterocycles. The molecule has 0 radical (unpaired) electrons. The van der Waals surface area contributed by atoms with Gasteiger partial charge in [0.1, 0.15) is 0 Å². The van der Waals surface area contributed by atoms with Crippen molar-refractivity contribution in [3.63, 3.8) is 0 Å². The van der Waals surface area contributed by atoms with Gasteiger partial charge in [0.25, 0.3) is 0 Å². The number of nitrogens with zero attached hydrogens (tertiary/aromatic N) is 3. The molecule has 3 rings (SSSR count). The summed E-state index contributed by atoms with van der Waals surface area (Å²) in [6.45, 7) is 7.98. The number of likely N-dealkylation sites (tertiary alicyclic amines) is 2. The van der Waals surface area contributed by atoms with Crippen LogP contribution in [0.5, 0.6) is 0 Å². The predicted octanol–water partition coefficient (Wildman–Crippen LogP) is 3.13. The zero-order valence-electron chi connectivity index (χ0n) is 15.2. The summed E-state index contributed by atoms with van der Waals surface area (Å²) >= 11 is 0. The van der Waals surface area contributed by atoms with E-state index in [-0.39, 0.29) is 0 Å². The van der Waals surface area contributed by atoms with Gasteiger partial charge in [-0.25, -0.2) is 0 Å². The van der Waals surface area contributed by atoms with Gasteiger partial charge in [-0.3, -0.25) is 9.89 Å². The van der Waals surface area contributed by atoms with Crippen molar-refractivity contribution in [3.8, 4) is 0 Å². The van der Waals surface area contributed by atoms with Gasteiger partial charge in [-0.05, 0) is 50.3 Å². The van der Waals surface area contributed by atoms with Crippen LogP contribution in [-0.4, -0.2) is 55.5 Å². The second-order valence-corrected chi connectivity index (χ2v) is 7.27. The molecule has 0 amide bonds. The maximum absolute atomic E-state index is 4.51. The van der Waals surface area contributed by atoms with Gasteiger partial charge in [0, 0.05) is 26.7 Å². The largest absolute Gasteiger partial charge is 0.354 e. The fraction of sp³-hybridized carbons (Fsp3) is 0.650. The second kappa shape index (κ2) is 8.52. The van der Waals surface area contributed by atoms with E-state index < -0.39 is 0 Å². The highest BCUT2D eigenvalue weighted by Crippen LogP contribution is 2.26. The number of piperidine rings is 1. The predicted molar refractivity (Wildman–Crippen MR) is 101 cm³/mol. The Kier molecular flexibility index (Phi) is 6.13. The number of nitrogens with one attached hydrogen (secondary N) is 1. The van der Waals surface area contributed by atoms with E-state index in [1.54, 1.807) is 0 Å². The van der Waals surface area contributed by atoms with E-state index in [0.29, 0.717) is 6.04 Å². The van der Waals surface area contributed by atoms with Crippen molar-refractivity contribution in [2.75, 3.05) is 39.8 Å². The molecule has 1 aromatic rings. The van der Waals surface area contributed by atoms with Gasteiger partial charge in [-0.2, -0.15) is 0 Å². The summed E-state index contributed by atoms with van der Waals surface area (Å²) in [5, 5.41) is 3.65. The number of rotatable bonds is 4. The smallest absolute Gasteiger partial charge is 0.193 e. The van der Waals surface area contributed by atoms with Crippen LogP contribution in [0.25, 0.3) is 0 Å². The van der Waals surface area contributed by atoms with Gasteiger partial charge in [-0.1, -0.05) is 37.3 Å². The van der Waals surface area contributed by atoms with Crippen LogP contribution in [-0.2, 0) is 0 Å². The SMILES string of the molecule is CN=C(NCC(c1ccccc1)N1CCC(C)CC1)N1CCCC1. The summed E-state index contributed by atoms with van der Waals surface area (Å²) < 4.78 is 0. The Balaban J connectivity index is 1.68. The Morgan fingerprint density at radius 2 is 1.79 bits per heavy atom. The van der Waals surface area contributed by atoms with Gasteiger partial charge >= 0.3 is 0 Å². The lowest BCUT2D eigenvalue weighted by molar-refractivity contribution is 0.138. The number of benzene rings is 1. The van der Waals surface area contributed by atoms with E-state index in [1.165, 1.54) is 44.3 Å². The van der Waals surface area contributed by atoms with Gasteiger partial charge < -0.3 is 10.2 Å². The minimum absolute atomic E-state index is 0.429. The topological polar surface area (TPSA) is 30.9 Å². The highest BCUT2D eigenvalue weighted by molar-refractivity contribution is 5.80. The lowest BCUT2D eigenvalue weighted by Gasteiger charge is -2.37. The average Bonchev–Trinajstić information content (AvgIpc) is 3.15. The fourth-order valence-corrected chi connectivity index (χ4v) is 3.92. The fourth-order valence-electron chi connectivity index (χ4n) is 3.92. The van der Waals surface area contributed by atoms with Crippen molar-refractivity contribution in [3.05, 3.63) is 35.9 Å². The summed E-state index contributed by atoms with van der Waals surface area (Å²) in [6, 6.07) is 11.4. The van der Waals surface area contributed by atoms with Crippen molar-refractivity contribution in [1.82, 2.24) is 15.1 Å².